The number of thiazole rings is 1. The Kier molecular flexibility index (Phi) is 3.66. The van der Waals surface area contributed by atoms with E-state index in [1.165, 1.54) is 5.51 Å². The van der Waals surface area contributed by atoms with Gasteiger partial charge in [-0.3, -0.25) is 0 Å². The number of carbonyl (C=O) groups excluding carboxylic acids is 1. The van der Waals surface area contributed by atoms with Gasteiger partial charge in [-0.2, -0.15) is 4.31 Å². The third-order valence-corrected chi connectivity index (χ3v) is 5.83. The molecule has 18 heavy (non-hydrogen) atoms. The van der Waals surface area contributed by atoms with E-state index in [1.807, 2.05) is 0 Å². The van der Waals surface area contributed by atoms with Crippen molar-refractivity contribution in [2.24, 2.45) is 0 Å². The van der Waals surface area contributed by atoms with E-state index in [-0.39, 0.29) is 23.0 Å². The van der Waals surface area contributed by atoms with Gasteiger partial charge in [0.2, 0.25) is 0 Å². The average Bonchev–Trinajstić information content (AvgIpc) is 2.96. The maximum atomic E-state index is 12.3. The number of aromatic nitrogens is 1. The van der Waals surface area contributed by atoms with Gasteiger partial charge in [-0.05, 0) is 6.42 Å². The molecule has 0 amide bonds. The second-order valence-electron chi connectivity index (χ2n) is 3.79. The molecule has 1 aromatic heterocycles. The highest BCUT2D eigenvalue weighted by molar-refractivity contribution is 7.91. The Morgan fingerprint density at radius 1 is 1.67 bits per heavy atom. The zero-order chi connectivity index (χ0) is 13.3. The van der Waals surface area contributed by atoms with Crippen molar-refractivity contribution in [2.45, 2.75) is 16.7 Å². The first-order valence-corrected chi connectivity index (χ1v) is 7.49. The van der Waals surface area contributed by atoms with E-state index >= 15 is 0 Å². The summed E-state index contributed by atoms with van der Waals surface area (Å²) in [6, 6.07) is 0. The quantitative estimate of drug-likeness (QED) is 0.767. The van der Waals surface area contributed by atoms with E-state index in [1.54, 1.807) is 0 Å². The Morgan fingerprint density at radius 2 is 2.39 bits per heavy atom. The summed E-state index contributed by atoms with van der Waals surface area (Å²) in [4.78, 5) is 15.1. The van der Waals surface area contributed by atoms with Crippen LogP contribution in [0, 0.1) is 0 Å². The normalized spacial score (nSPS) is 21.1. The molecule has 0 bridgehead atoms. The van der Waals surface area contributed by atoms with Crippen molar-refractivity contribution in [2.75, 3.05) is 20.2 Å². The lowest BCUT2D eigenvalue weighted by atomic mass is 10.3. The van der Waals surface area contributed by atoms with Crippen LogP contribution in [0.5, 0.6) is 0 Å². The molecule has 0 saturated carbocycles. The van der Waals surface area contributed by atoms with Crippen LogP contribution >= 0.6 is 11.3 Å². The lowest BCUT2D eigenvalue weighted by Gasteiger charge is -2.14. The number of aliphatic hydroxyl groups excluding tert-OH is 1. The highest BCUT2D eigenvalue weighted by Crippen LogP contribution is 2.27. The SMILES string of the molecule is COC(=O)c1ncsc1S(=O)(=O)N1CC[C@H](O)C1. The number of methoxy groups -OCH3 is 1. The molecule has 0 spiro atoms. The number of hydrogen-bond acceptors (Lipinski definition) is 7. The van der Waals surface area contributed by atoms with E-state index < -0.39 is 22.1 Å². The standard InChI is InChI=1S/C9H12N2O5S2/c1-16-8(13)7-9(17-5-10-7)18(14,15)11-3-2-6(12)4-11/h5-6,12H,2-4H2,1H3/t6-/m0/s1. The van der Waals surface area contributed by atoms with Crippen LogP contribution in [-0.4, -0.2) is 55.1 Å². The molecule has 2 rings (SSSR count). The molecule has 1 aliphatic rings. The van der Waals surface area contributed by atoms with Crippen molar-refractivity contribution >= 4 is 27.3 Å². The summed E-state index contributed by atoms with van der Waals surface area (Å²) in [5.41, 5.74) is 1.08. The predicted octanol–water partition coefficient (Wildman–Crippen LogP) is -0.315. The highest BCUT2D eigenvalue weighted by atomic mass is 32.2. The summed E-state index contributed by atoms with van der Waals surface area (Å²) >= 11 is 0.865. The Bertz CT molecular complexity index is 553. The fourth-order valence-electron chi connectivity index (χ4n) is 1.70. The molecule has 1 saturated heterocycles. The molecular formula is C9H12N2O5S2. The summed E-state index contributed by atoms with van der Waals surface area (Å²) in [6.07, 6.45) is -0.264. The van der Waals surface area contributed by atoms with E-state index in [0.29, 0.717) is 6.42 Å². The van der Waals surface area contributed by atoms with Gasteiger partial charge in [0.05, 0.1) is 18.7 Å². The van der Waals surface area contributed by atoms with Gasteiger partial charge in [0.1, 0.15) is 0 Å². The largest absolute Gasteiger partial charge is 0.464 e. The van der Waals surface area contributed by atoms with Crippen LogP contribution in [0.2, 0.25) is 0 Å². The number of rotatable bonds is 3. The molecule has 7 nitrogen and oxygen atoms in total. The summed E-state index contributed by atoms with van der Waals surface area (Å²) in [7, 11) is -2.62. The number of β-amino-alcohol motifs (C(OH)–C–C–N with tert-alkyl or cyclic N) is 1. The minimum Gasteiger partial charge on any atom is -0.464 e. The van der Waals surface area contributed by atoms with Crippen LogP contribution in [-0.2, 0) is 14.8 Å². The van der Waals surface area contributed by atoms with Crippen LogP contribution in [0.25, 0.3) is 0 Å². The first-order chi connectivity index (χ1) is 8.46. The third kappa shape index (κ3) is 2.26. The van der Waals surface area contributed by atoms with Crippen LogP contribution in [0.3, 0.4) is 0 Å². The molecule has 1 N–H and O–H groups in total. The van der Waals surface area contributed by atoms with Gasteiger partial charge in [-0.1, -0.05) is 0 Å². The van der Waals surface area contributed by atoms with Crippen molar-refractivity contribution < 1.29 is 23.1 Å². The molecule has 0 aromatic carbocycles. The van der Waals surface area contributed by atoms with Gasteiger partial charge < -0.3 is 9.84 Å². The molecule has 1 atom stereocenters. The lowest BCUT2D eigenvalue weighted by molar-refractivity contribution is 0.0590. The molecule has 0 aliphatic carbocycles. The fraction of sp³-hybridized carbons (Fsp3) is 0.556. The maximum Gasteiger partial charge on any atom is 0.358 e. The minimum absolute atomic E-state index is 0.0425. The average molecular weight is 292 g/mol. The number of carbonyl (C=O) groups is 1. The second-order valence-corrected chi connectivity index (χ2v) is 6.77. The summed E-state index contributed by atoms with van der Waals surface area (Å²) in [6.45, 7) is 0.281. The molecule has 1 aliphatic heterocycles. The van der Waals surface area contributed by atoms with Crippen molar-refractivity contribution in [3.63, 3.8) is 0 Å². The number of aliphatic hydroxyl groups is 1. The summed E-state index contributed by atoms with van der Waals surface area (Å²) < 4.78 is 30.0. The van der Waals surface area contributed by atoms with Gasteiger partial charge >= 0.3 is 5.97 Å². The zero-order valence-electron chi connectivity index (χ0n) is 9.57. The van der Waals surface area contributed by atoms with Crippen LogP contribution < -0.4 is 0 Å². The molecule has 1 fully saturated rings. The number of ether oxygens (including phenoxy) is 1. The summed E-state index contributed by atoms with van der Waals surface area (Å²) in [5, 5.41) is 9.38. The monoisotopic (exact) mass is 292 g/mol. The van der Waals surface area contributed by atoms with Gasteiger partial charge in [0.25, 0.3) is 10.0 Å². The van der Waals surface area contributed by atoms with Crippen molar-refractivity contribution in [1.29, 1.82) is 0 Å². The van der Waals surface area contributed by atoms with Gasteiger partial charge in [0.15, 0.2) is 9.90 Å². The molecule has 0 radical (unpaired) electrons. The molecule has 100 valence electrons. The first kappa shape index (κ1) is 13.4. The van der Waals surface area contributed by atoms with Crippen molar-refractivity contribution in [3.05, 3.63) is 11.2 Å². The molecule has 2 heterocycles. The topological polar surface area (TPSA) is 96.8 Å². The predicted molar refractivity (Wildman–Crippen MR) is 62.8 cm³/mol. The number of hydrogen-bond donors (Lipinski definition) is 1. The first-order valence-electron chi connectivity index (χ1n) is 5.17. The van der Waals surface area contributed by atoms with Gasteiger partial charge in [0, 0.05) is 13.1 Å². The molecule has 1 aromatic rings. The van der Waals surface area contributed by atoms with E-state index in [4.69, 9.17) is 0 Å². The lowest BCUT2D eigenvalue weighted by Crippen LogP contribution is -2.30. The highest BCUT2D eigenvalue weighted by Gasteiger charge is 2.36. The Hall–Kier alpha value is -1.03. The maximum absolute atomic E-state index is 12.3. The molecule has 9 heteroatoms. The van der Waals surface area contributed by atoms with Crippen LogP contribution in [0.4, 0.5) is 0 Å². The second kappa shape index (κ2) is 4.92. The fourth-order valence-corrected chi connectivity index (χ4v) is 4.46. The molecule has 0 unspecified atom stereocenters. The van der Waals surface area contributed by atoms with Crippen molar-refractivity contribution in [1.82, 2.24) is 9.29 Å². The minimum atomic E-state index is -3.79. The number of nitrogens with zero attached hydrogens (tertiary/aromatic N) is 2. The van der Waals surface area contributed by atoms with E-state index in [0.717, 1.165) is 22.8 Å². The van der Waals surface area contributed by atoms with Gasteiger partial charge in [-0.25, -0.2) is 18.2 Å². The van der Waals surface area contributed by atoms with Crippen LogP contribution in [0.15, 0.2) is 9.72 Å². The number of esters is 1. The summed E-state index contributed by atoms with van der Waals surface area (Å²) in [5.74, 6) is -0.783. The van der Waals surface area contributed by atoms with E-state index in [9.17, 15) is 18.3 Å². The Labute approximate surface area is 108 Å². The molecular weight excluding hydrogens is 280 g/mol. The third-order valence-electron chi connectivity index (χ3n) is 2.61. The Balaban J connectivity index is 2.36. The zero-order valence-corrected chi connectivity index (χ0v) is 11.2. The van der Waals surface area contributed by atoms with Crippen LogP contribution in [0.1, 0.15) is 16.9 Å². The van der Waals surface area contributed by atoms with Crippen molar-refractivity contribution in [3.8, 4) is 0 Å². The van der Waals surface area contributed by atoms with Gasteiger partial charge in [-0.15, -0.1) is 11.3 Å². The van der Waals surface area contributed by atoms with E-state index in [2.05, 4.69) is 9.72 Å². The Morgan fingerprint density at radius 3 is 2.94 bits per heavy atom. The smallest absolute Gasteiger partial charge is 0.358 e. The number of sulfonamides is 1.